The first-order valence-electron chi connectivity index (χ1n) is 6.65. The summed E-state index contributed by atoms with van der Waals surface area (Å²) < 4.78 is 0. The third-order valence-corrected chi connectivity index (χ3v) is 4.02. The number of likely N-dealkylation sites (N-methyl/N-ethyl adjacent to an activating group) is 1. The van der Waals surface area contributed by atoms with Gasteiger partial charge in [0.05, 0.1) is 0 Å². The van der Waals surface area contributed by atoms with Crippen LogP contribution in [0.3, 0.4) is 0 Å². The molecule has 1 fully saturated rings. The number of anilines is 1. The molecule has 1 saturated heterocycles. The fraction of sp³-hybridized carbons (Fsp3) is 0.750. The van der Waals surface area contributed by atoms with Gasteiger partial charge in [-0.15, -0.1) is 10.2 Å². The number of nitrogens with zero attached hydrogens (tertiary/aromatic N) is 4. The Labute approximate surface area is 117 Å². The van der Waals surface area contributed by atoms with Crippen molar-refractivity contribution in [3.8, 4) is 0 Å². The Morgan fingerprint density at radius 3 is 3.00 bits per heavy atom. The highest BCUT2D eigenvalue weighted by Crippen LogP contribution is 2.23. The predicted octanol–water partition coefficient (Wildman–Crippen LogP) is 1.14. The third-order valence-electron chi connectivity index (χ3n) is 3.15. The molecule has 0 aliphatic carbocycles. The quantitative estimate of drug-likeness (QED) is 0.878. The van der Waals surface area contributed by atoms with Gasteiger partial charge in [-0.05, 0) is 33.9 Å². The van der Waals surface area contributed by atoms with Gasteiger partial charge >= 0.3 is 0 Å². The van der Waals surface area contributed by atoms with Crippen molar-refractivity contribution >= 4 is 22.4 Å². The summed E-state index contributed by atoms with van der Waals surface area (Å²) in [5.74, 6) is 0.0194. The van der Waals surface area contributed by atoms with E-state index in [0.29, 0.717) is 16.2 Å². The number of carbonyl (C=O) groups excluding carboxylic acids is 1. The minimum Gasteiger partial charge on any atom is -0.360 e. The Morgan fingerprint density at radius 2 is 2.32 bits per heavy atom. The molecule has 0 bridgehead atoms. The van der Waals surface area contributed by atoms with Gasteiger partial charge in [0, 0.05) is 25.7 Å². The minimum absolute atomic E-state index is 0.0194. The van der Waals surface area contributed by atoms with Crippen LogP contribution in [-0.2, 0) is 0 Å². The fourth-order valence-corrected chi connectivity index (χ4v) is 3.14. The van der Waals surface area contributed by atoms with Crippen molar-refractivity contribution in [3.05, 3.63) is 5.01 Å². The smallest absolute Gasteiger partial charge is 0.285 e. The van der Waals surface area contributed by atoms with E-state index in [-0.39, 0.29) is 5.91 Å². The second kappa shape index (κ2) is 6.29. The van der Waals surface area contributed by atoms with Gasteiger partial charge in [0.1, 0.15) is 0 Å². The maximum Gasteiger partial charge on any atom is 0.285 e. The average Bonchev–Trinajstić information content (AvgIpc) is 2.97. The molecule has 0 spiro atoms. The van der Waals surface area contributed by atoms with Crippen LogP contribution in [0, 0.1) is 0 Å². The molecule has 1 aromatic heterocycles. The van der Waals surface area contributed by atoms with Crippen molar-refractivity contribution < 1.29 is 4.79 Å². The minimum atomic E-state index is 0.0194. The first kappa shape index (κ1) is 14.2. The molecule has 19 heavy (non-hydrogen) atoms. The van der Waals surface area contributed by atoms with Gasteiger partial charge in [-0.2, -0.15) is 0 Å². The largest absolute Gasteiger partial charge is 0.360 e. The Balaban J connectivity index is 2.04. The number of amides is 1. The summed E-state index contributed by atoms with van der Waals surface area (Å²) in [4.78, 5) is 16.5. The maximum atomic E-state index is 12.4. The molecule has 1 atom stereocenters. The van der Waals surface area contributed by atoms with E-state index in [9.17, 15) is 4.79 Å². The van der Waals surface area contributed by atoms with Crippen molar-refractivity contribution in [1.82, 2.24) is 20.0 Å². The van der Waals surface area contributed by atoms with Crippen LogP contribution in [0.2, 0.25) is 0 Å². The lowest BCUT2D eigenvalue weighted by molar-refractivity contribution is 0.0715. The van der Waals surface area contributed by atoms with Gasteiger partial charge in [0.25, 0.3) is 5.91 Å². The van der Waals surface area contributed by atoms with E-state index in [1.54, 1.807) is 0 Å². The van der Waals surface area contributed by atoms with E-state index in [1.807, 2.05) is 25.9 Å². The second-order valence-electron chi connectivity index (χ2n) is 5.00. The summed E-state index contributed by atoms with van der Waals surface area (Å²) in [5, 5.41) is 12.3. The highest BCUT2D eigenvalue weighted by Gasteiger charge is 2.31. The zero-order valence-electron chi connectivity index (χ0n) is 11.7. The van der Waals surface area contributed by atoms with E-state index >= 15 is 0 Å². The topological polar surface area (TPSA) is 61.4 Å². The van der Waals surface area contributed by atoms with Crippen molar-refractivity contribution in [1.29, 1.82) is 0 Å². The van der Waals surface area contributed by atoms with Crippen LogP contribution in [0.25, 0.3) is 0 Å². The van der Waals surface area contributed by atoms with E-state index in [2.05, 4.69) is 20.4 Å². The standard InChI is InChI=1S/C12H21N5OS/c1-4-13-12-15-14-10(19-12)11(18)17-7-5-6-9(17)8-16(2)3/h9H,4-8H2,1-3H3,(H,13,15). The lowest BCUT2D eigenvalue weighted by Crippen LogP contribution is -2.41. The van der Waals surface area contributed by atoms with Crippen LogP contribution >= 0.6 is 11.3 Å². The third kappa shape index (κ3) is 3.42. The zero-order chi connectivity index (χ0) is 13.8. The summed E-state index contributed by atoms with van der Waals surface area (Å²) in [6, 6.07) is 0.300. The van der Waals surface area contributed by atoms with E-state index < -0.39 is 0 Å². The predicted molar refractivity (Wildman–Crippen MR) is 76.7 cm³/mol. The molecule has 106 valence electrons. The number of hydrogen-bond acceptors (Lipinski definition) is 6. The number of carbonyl (C=O) groups is 1. The normalized spacial score (nSPS) is 19.2. The molecule has 1 amide bonds. The monoisotopic (exact) mass is 283 g/mol. The number of hydrogen-bond donors (Lipinski definition) is 1. The number of rotatable bonds is 5. The fourth-order valence-electron chi connectivity index (χ4n) is 2.37. The first-order valence-corrected chi connectivity index (χ1v) is 7.46. The molecule has 0 aromatic carbocycles. The van der Waals surface area contributed by atoms with Gasteiger partial charge in [0.15, 0.2) is 0 Å². The summed E-state index contributed by atoms with van der Waals surface area (Å²) in [6.45, 7) is 4.52. The molecule has 0 saturated carbocycles. The average molecular weight is 283 g/mol. The summed E-state index contributed by atoms with van der Waals surface area (Å²) >= 11 is 1.34. The Morgan fingerprint density at radius 1 is 1.53 bits per heavy atom. The molecule has 7 heteroatoms. The lowest BCUT2D eigenvalue weighted by Gasteiger charge is -2.26. The van der Waals surface area contributed by atoms with Crippen LogP contribution in [0.1, 0.15) is 29.6 Å². The van der Waals surface area contributed by atoms with Crippen LogP contribution in [-0.4, -0.2) is 65.7 Å². The van der Waals surface area contributed by atoms with Gasteiger partial charge in [-0.25, -0.2) is 0 Å². The Kier molecular flexibility index (Phi) is 4.71. The molecule has 0 radical (unpaired) electrons. The van der Waals surface area contributed by atoms with E-state index in [4.69, 9.17) is 0 Å². The summed E-state index contributed by atoms with van der Waals surface area (Å²) in [5.41, 5.74) is 0. The lowest BCUT2D eigenvalue weighted by atomic mass is 10.2. The molecule has 2 heterocycles. The van der Waals surface area contributed by atoms with Gasteiger partial charge in [-0.1, -0.05) is 11.3 Å². The molecule has 2 rings (SSSR count). The zero-order valence-corrected chi connectivity index (χ0v) is 12.5. The molecule has 1 aliphatic rings. The SMILES string of the molecule is CCNc1nnc(C(=O)N2CCCC2CN(C)C)s1. The molecule has 1 N–H and O–H groups in total. The first-order chi connectivity index (χ1) is 9.11. The molecule has 1 aliphatic heterocycles. The Bertz CT molecular complexity index is 434. The van der Waals surface area contributed by atoms with E-state index in [1.165, 1.54) is 11.3 Å². The van der Waals surface area contributed by atoms with Crippen LogP contribution in [0.4, 0.5) is 5.13 Å². The van der Waals surface area contributed by atoms with Crippen molar-refractivity contribution in [2.45, 2.75) is 25.8 Å². The molecular formula is C12H21N5OS. The molecule has 1 unspecified atom stereocenters. The highest BCUT2D eigenvalue weighted by atomic mass is 32.1. The van der Waals surface area contributed by atoms with Crippen molar-refractivity contribution in [2.75, 3.05) is 39.0 Å². The van der Waals surface area contributed by atoms with Crippen LogP contribution in [0.15, 0.2) is 0 Å². The van der Waals surface area contributed by atoms with Gasteiger partial charge in [-0.3, -0.25) is 4.79 Å². The maximum absolute atomic E-state index is 12.4. The summed E-state index contributed by atoms with van der Waals surface area (Å²) in [7, 11) is 4.07. The number of nitrogens with one attached hydrogen (secondary N) is 1. The van der Waals surface area contributed by atoms with Gasteiger partial charge < -0.3 is 15.1 Å². The molecule has 6 nitrogen and oxygen atoms in total. The van der Waals surface area contributed by atoms with Crippen molar-refractivity contribution in [3.63, 3.8) is 0 Å². The highest BCUT2D eigenvalue weighted by molar-refractivity contribution is 7.17. The molecule has 1 aromatic rings. The Hall–Kier alpha value is -1.21. The molecular weight excluding hydrogens is 262 g/mol. The number of likely N-dealkylation sites (tertiary alicyclic amines) is 1. The van der Waals surface area contributed by atoms with E-state index in [0.717, 1.165) is 32.5 Å². The van der Waals surface area contributed by atoms with Gasteiger partial charge in [0.2, 0.25) is 10.1 Å². The van der Waals surface area contributed by atoms with Crippen molar-refractivity contribution in [2.24, 2.45) is 0 Å². The summed E-state index contributed by atoms with van der Waals surface area (Å²) in [6.07, 6.45) is 2.14. The second-order valence-corrected chi connectivity index (χ2v) is 5.98. The van der Waals surface area contributed by atoms with Crippen LogP contribution in [0.5, 0.6) is 0 Å². The number of aromatic nitrogens is 2. The van der Waals surface area contributed by atoms with Crippen LogP contribution < -0.4 is 5.32 Å².